The first-order valence-electron chi connectivity index (χ1n) is 5.44. The Hall–Kier alpha value is -1.29. The van der Waals surface area contributed by atoms with E-state index in [-0.39, 0.29) is 0 Å². The zero-order chi connectivity index (χ0) is 12.4. The second-order valence-electron chi connectivity index (χ2n) is 4.15. The quantitative estimate of drug-likeness (QED) is 0.865. The lowest BCUT2D eigenvalue weighted by molar-refractivity contribution is 0.529. The fraction of sp³-hybridized carbons (Fsp3) is 0.308. The van der Waals surface area contributed by atoms with Crippen molar-refractivity contribution in [1.29, 1.82) is 0 Å². The third-order valence-electron chi connectivity index (χ3n) is 2.80. The Bertz CT molecular complexity index is 522. The Labute approximate surface area is 110 Å². The Balaban J connectivity index is 2.17. The number of nitrogens with zero attached hydrogens (tertiary/aromatic N) is 2. The van der Waals surface area contributed by atoms with Gasteiger partial charge in [-0.2, -0.15) is 0 Å². The first-order chi connectivity index (χ1) is 8.08. The maximum absolute atomic E-state index is 5.29. The van der Waals surface area contributed by atoms with E-state index in [1.807, 2.05) is 26.2 Å². The van der Waals surface area contributed by atoms with Crippen LogP contribution in [0, 0.1) is 13.8 Å². The molecule has 2 rings (SSSR count). The number of halogens is 1. The number of hydrogen-bond acceptors (Lipinski definition) is 3. The van der Waals surface area contributed by atoms with E-state index in [0.717, 1.165) is 22.6 Å². The molecule has 0 N–H and O–H groups in total. The molecule has 0 aliphatic rings. The zero-order valence-corrected chi connectivity index (χ0v) is 11.8. The van der Waals surface area contributed by atoms with Crippen molar-refractivity contribution in [2.24, 2.45) is 0 Å². The molecule has 0 unspecified atom stereocenters. The number of anilines is 1. The molecule has 4 heteroatoms. The summed E-state index contributed by atoms with van der Waals surface area (Å²) in [6, 6.07) is 4.07. The molecule has 0 spiro atoms. The molecule has 0 atom stereocenters. The van der Waals surface area contributed by atoms with E-state index in [9.17, 15) is 0 Å². The molecular weight excluding hydrogens is 280 g/mol. The smallest absolute Gasteiger partial charge is 0.128 e. The van der Waals surface area contributed by atoms with Crippen LogP contribution in [-0.2, 0) is 6.54 Å². The summed E-state index contributed by atoms with van der Waals surface area (Å²) in [6.45, 7) is 4.84. The first-order valence-corrected chi connectivity index (χ1v) is 6.23. The minimum atomic E-state index is 0.802. The lowest BCUT2D eigenvalue weighted by Crippen LogP contribution is -2.17. The fourth-order valence-electron chi connectivity index (χ4n) is 1.65. The molecule has 2 heterocycles. The van der Waals surface area contributed by atoms with Crippen molar-refractivity contribution in [3.05, 3.63) is 46.0 Å². The van der Waals surface area contributed by atoms with Crippen LogP contribution in [-0.4, -0.2) is 12.0 Å². The average Bonchev–Trinajstić information content (AvgIpc) is 2.68. The predicted octanol–water partition coefficient (Wildman–Crippen LogP) is 3.69. The molecule has 0 fully saturated rings. The lowest BCUT2D eigenvalue weighted by Gasteiger charge is -2.18. The Morgan fingerprint density at radius 1 is 1.41 bits per heavy atom. The molecule has 0 amide bonds. The van der Waals surface area contributed by atoms with Crippen LogP contribution in [0.2, 0.25) is 0 Å². The Kier molecular flexibility index (Phi) is 3.52. The summed E-state index contributed by atoms with van der Waals surface area (Å²) in [4.78, 5) is 6.51. The van der Waals surface area contributed by atoms with Gasteiger partial charge < -0.3 is 9.32 Å². The van der Waals surface area contributed by atoms with E-state index < -0.39 is 0 Å². The SMILES string of the molecule is Cc1cc(N(C)Cc2ccoc2C)ncc1Br. The van der Waals surface area contributed by atoms with Crippen molar-refractivity contribution in [2.75, 3.05) is 11.9 Å². The van der Waals surface area contributed by atoms with Gasteiger partial charge in [0, 0.05) is 29.8 Å². The van der Waals surface area contributed by atoms with Crippen LogP contribution in [0.4, 0.5) is 5.82 Å². The van der Waals surface area contributed by atoms with Crippen molar-refractivity contribution in [3.8, 4) is 0 Å². The average molecular weight is 295 g/mol. The Morgan fingerprint density at radius 2 is 2.18 bits per heavy atom. The van der Waals surface area contributed by atoms with Crippen LogP contribution in [0.15, 0.2) is 33.5 Å². The second kappa shape index (κ2) is 4.92. The van der Waals surface area contributed by atoms with E-state index in [1.54, 1.807) is 6.26 Å². The molecule has 0 aliphatic carbocycles. The van der Waals surface area contributed by atoms with Gasteiger partial charge >= 0.3 is 0 Å². The van der Waals surface area contributed by atoms with Gasteiger partial charge in [0.05, 0.1) is 6.26 Å². The predicted molar refractivity (Wildman–Crippen MR) is 72.2 cm³/mol. The molecule has 0 aliphatic heterocycles. The number of furan rings is 1. The summed E-state index contributed by atoms with van der Waals surface area (Å²) in [5, 5.41) is 0. The molecular formula is C13H15BrN2O. The lowest BCUT2D eigenvalue weighted by atomic mass is 10.2. The maximum Gasteiger partial charge on any atom is 0.128 e. The van der Waals surface area contributed by atoms with Gasteiger partial charge in [-0.05, 0) is 47.5 Å². The van der Waals surface area contributed by atoms with Crippen molar-refractivity contribution >= 4 is 21.7 Å². The summed E-state index contributed by atoms with van der Waals surface area (Å²) in [6.07, 6.45) is 3.56. The third kappa shape index (κ3) is 2.69. The molecule has 0 saturated heterocycles. The van der Waals surface area contributed by atoms with Crippen LogP contribution in [0.3, 0.4) is 0 Å². The second-order valence-corrected chi connectivity index (χ2v) is 5.00. The highest BCUT2D eigenvalue weighted by Gasteiger charge is 2.08. The maximum atomic E-state index is 5.29. The molecule has 90 valence electrons. The topological polar surface area (TPSA) is 29.3 Å². The molecule has 0 radical (unpaired) electrons. The van der Waals surface area contributed by atoms with E-state index in [2.05, 4.69) is 38.8 Å². The molecule has 3 nitrogen and oxygen atoms in total. The fourth-order valence-corrected chi connectivity index (χ4v) is 1.86. The zero-order valence-electron chi connectivity index (χ0n) is 10.2. The van der Waals surface area contributed by atoms with Gasteiger partial charge in [-0.15, -0.1) is 0 Å². The monoisotopic (exact) mass is 294 g/mol. The van der Waals surface area contributed by atoms with Crippen LogP contribution < -0.4 is 4.90 Å². The highest BCUT2D eigenvalue weighted by atomic mass is 79.9. The molecule has 2 aromatic heterocycles. The van der Waals surface area contributed by atoms with Gasteiger partial charge in [0.2, 0.25) is 0 Å². The Morgan fingerprint density at radius 3 is 2.76 bits per heavy atom. The van der Waals surface area contributed by atoms with Gasteiger partial charge in [0.15, 0.2) is 0 Å². The summed E-state index contributed by atoms with van der Waals surface area (Å²) in [5.74, 6) is 1.93. The summed E-state index contributed by atoms with van der Waals surface area (Å²) in [7, 11) is 2.03. The van der Waals surface area contributed by atoms with Crippen molar-refractivity contribution < 1.29 is 4.42 Å². The van der Waals surface area contributed by atoms with Crippen molar-refractivity contribution in [3.63, 3.8) is 0 Å². The number of rotatable bonds is 3. The first kappa shape index (κ1) is 12.2. The molecule has 17 heavy (non-hydrogen) atoms. The highest BCUT2D eigenvalue weighted by molar-refractivity contribution is 9.10. The van der Waals surface area contributed by atoms with E-state index in [1.165, 1.54) is 11.1 Å². The van der Waals surface area contributed by atoms with E-state index in [0.29, 0.717) is 0 Å². The van der Waals surface area contributed by atoms with Crippen LogP contribution >= 0.6 is 15.9 Å². The summed E-state index contributed by atoms with van der Waals surface area (Å²) in [5.41, 5.74) is 2.38. The summed E-state index contributed by atoms with van der Waals surface area (Å²) >= 11 is 3.45. The minimum absolute atomic E-state index is 0.802. The number of aryl methyl sites for hydroxylation is 2. The molecule has 2 aromatic rings. The number of pyridine rings is 1. The van der Waals surface area contributed by atoms with Crippen LogP contribution in [0.5, 0.6) is 0 Å². The van der Waals surface area contributed by atoms with Gasteiger partial charge in [-0.3, -0.25) is 0 Å². The largest absolute Gasteiger partial charge is 0.469 e. The van der Waals surface area contributed by atoms with E-state index in [4.69, 9.17) is 4.42 Å². The molecule has 0 bridgehead atoms. The number of aromatic nitrogens is 1. The highest BCUT2D eigenvalue weighted by Crippen LogP contribution is 2.21. The molecule has 0 saturated carbocycles. The standard InChI is InChI=1S/C13H15BrN2O/c1-9-6-13(15-7-12(9)14)16(3)8-11-4-5-17-10(11)2/h4-7H,8H2,1-3H3. The van der Waals surface area contributed by atoms with Crippen molar-refractivity contribution in [2.45, 2.75) is 20.4 Å². The van der Waals surface area contributed by atoms with Gasteiger partial charge in [-0.25, -0.2) is 4.98 Å². The van der Waals surface area contributed by atoms with Gasteiger partial charge in [0.25, 0.3) is 0 Å². The van der Waals surface area contributed by atoms with Crippen molar-refractivity contribution in [1.82, 2.24) is 4.98 Å². The minimum Gasteiger partial charge on any atom is -0.469 e. The number of hydrogen-bond donors (Lipinski definition) is 0. The molecule has 0 aromatic carbocycles. The normalized spacial score (nSPS) is 10.6. The summed E-state index contributed by atoms with van der Waals surface area (Å²) < 4.78 is 6.33. The third-order valence-corrected chi connectivity index (χ3v) is 3.63. The van der Waals surface area contributed by atoms with Crippen LogP contribution in [0.1, 0.15) is 16.9 Å². The van der Waals surface area contributed by atoms with Crippen LogP contribution in [0.25, 0.3) is 0 Å². The van der Waals surface area contributed by atoms with E-state index >= 15 is 0 Å². The van der Waals surface area contributed by atoms with Gasteiger partial charge in [-0.1, -0.05) is 0 Å². The van der Waals surface area contributed by atoms with Gasteiger partial charge in [0.1, 0.15) is 11.6 Å².